The first-order chi connectivity index (χ1) is 9.48. The van der Waals surface area contributed by atoms with Crippen molar-refractivity contribution in [3.05, 3.63) is 0 Å². The van der Waals surface area contributed by atoms with E-state index in [2.05, 4.69) is 44.8 Å². The SMILES string of the molecule is CCCNC(CCCC(C)C)C(C)(C)N1CCCCC1. The van der Waals surface area contributed by atoms with Crippen LogP contribution in [-0.4, -0.2) is 36.1 Å². The zero-order chi connectivity index (χ0) is 15.0. The Morgan fingerprint density at radius 1 is 1.05 bits per heavy atom. The minimum atomic E-state index is 0.298. The zero-order valence-electron chi connectivity index (χ0n) is 14.7. The Hall–Kier alpha value is -0.0800. The number of piperidine rings is 1. The van der Waals surface area contributed by atoms with Crippen LogP contribution in [0.4, 0.5) is 0 Å². The molecule has 0 saturated carbocycles. The van der Waals surface area contributed by atoms with Crippen molar-refractivity contribution in [2.45, 2.75) is 91.1 Å². The van der Waals surface area contributed by atoms with E-state index in [0.29, 0.717) is 11.6 Å². The minimum absolute atomic E-state index is 0.298. The minimum Gasteiger partial charge on any atom is -0.312 e. The molecule has 20 heavy (non-hydrogen) atoms. The third-order valence-corrected chi connectivity index (χ3v) is 4.94. The molecule has 1 N–H and O–H groups in total. The molecule has 2 nitrogen and oxygen atoms in total. The number of likely N-dealkylation sites (tertiary alicyclic amines) is 1. The molecule has 0 aromatic rings. The average molecular weight is 283 g/mol. The summed E-state index contributed by atoms with van der Waals surface area (Å²) in [6, 6.07) is 0.638. The van der Waals surface area contributed by atoms with Crippen molar-refractivity contribution in [1.82, 2.24) is 10.2 Å². The second-order valence-corrected chi connectivity index (χ2v) is 7.53. The summed E-state index contributed by atoms with van der Waals surface area (Å²) in [5.74, 6) is 0.833. The molecule has 1 heterocycles. The molecule has 1 fully saturated rings. The van der Waals surface area contributed by atoms with Crippen LogP contribution in [0, 0.1) is 5.92 Å². The van der Waals surface area contributed by atoms with E-state index in [0.717, 1.165) is 12.5 Å². The topological polar surface area (TPSA) is 15.3 Å². The molecule has 0 spiro atoms. The zero-order valence-corrected chi connectivity index (χ0v) is 14.7. The van der Waals surface area contributed by atoms with E-state index >= 15 is 0 Å². The second-order valence-electron chi connectivity index (χ2n) is 7.53. The average Bonchev–Trinajstić information content (AvgIpc) is 2.43. The molecule has 0 radical (unpaired) electrons. The van der Waals surface area contributed by atoms with Crippen molar-refractivity contribution in [2.75, 3.05) is 19.6 Å². The molecule has 0 bridgehead atoms. The van der Waals surface area contributed by atoms with Crippen molar-refractivity contribution >= 4 is 0 Å². The fourth-order valence-corrected chi connectivity index (χ4v) is 3.44. The molecule has 1 unspecified atom stereocenters. The lowest BCUT2D eigenvalue weighted by atomic mass is 9.86. The predicted octanol–water partition coefficient (Wildman–Crippen LogP) is 4.45. The van der Waals surface area contributed by atoms with Crippen LogP contribution in [0.5, 0.6) is 0 Å². The Morgan fingerprint density at radius 2 is 1.70 bits per heavy atom. The Kier molecular flexibility index (Phi) is 8.13. The molecule has 1 aliphatic heterocycles. The van der Waals surface area contributed by atoms with Gasteiger partial charge in [0.15, 0.2) is 0 Å². The summed E-state index contributed by atoms with van der Waals surface area (Å²) in [5, 5.41) is 3.84. The Labute approximate surface area is 127 Å². The second kappa shape index (κ2) is 9.04. The molecule has 0 aliphatic carbocycles. The largest absolute Gasteiger partial charge is 0.312 e. The molecule has 0 aromatic heterocycles. The molecule has 0 amide bonds. The summed E-state index contributed by atoms with van der Waals surface area (Å²) < 4.78 is 0. The number of hydrogen-bond donors (Lipinski definition) is 1. The summed E-state index contributed by atoms with van der Waals surface area (Å²) in [5.41, 5.74) is 0.298. The van der Waals surface area contributed by atoms with E-state index in [1.807, 2.05) is 0 Å². The maximum atomic E-state index is 3.84. The van der Waals surface area contributed by atoms with Gasteiger partial charge in [-0.05, 0) is 65.1 Å². The van der Waals surface area contributed by atoms with Crippen molar-refractivity contribution in [1.29, 1.82) is 0 Å². The highest BCUT2D eigenvalue weighted by Crippen LogP contribution is 2.27. The fraction of sp³-hybridized carbons (Fsp3) is 1.00. The van der Waals surface area contributed by atoms with Gasteiger partial charge in [0.1, 0.15) is 0 Å². The van der Waals surface area contributed by atoms with E-state index in [1.165, 1.54) is 58.0 Å². The van der Waals surface area contributed by atoms with Crippen LogP contribution in [0.2, 0.25) is 0 Å². The van der Waals surface area contributed by atoms with Crippen LogP contribution in [0.1, 0.15) is 79.6 Å². The molecule has 1 atom stereocenters. The van der Waals surface area contributed by atoms with Gasteiger partial charge in [-0.2, -0.15) is 0 Å². The van der Waals surface area contributed by atoms with Crippen LogP contribution in [-0.2, 0) is 0 Å². The van der Waals surface area contributed by atoms with Crippen LogP contribution in [0.3, 0.4) is 0 Å². The van der Waals surface area contributed by atoms with Crippen molar-refractivity contribution < 1.29 is 0 Å². The van der Waals surface area contributed by atoms with Crippen molar-refractivity contribution in [3.63, 3.8) is 0 Å². The van der Waals surface area contributed by atoms with Crippen molar-refractivity contribution in [3.8, 4) is 0 Å². The summed E-state index contributed by atoms with van der Waals surface area (Å²) >= 11 is 0. The van der Waals surface area contributed by atoms with Gasteiger partial charge in [-0.25, -0.2) is 0 Å². The van der Waals surface area contributed by atoms with Crippen LogP contribution in [0.25, 0.3) is 0 Å². The number of nitrogens with zero attached hydrogens (tertiary/aromatic N) is 1. The van der Waals surface area contributed by atoms with Gasteiger partial charge in [0.2, 0.25) is 0 Å². The highest BCUT2D eigenvalue weighted by Gasteiger charge is 2.35. The van der Waals surface area contributed by atoms with Crippen LogP contribution in [0.15, 0.2) is 0 Å². The molecule has 1 aliphatic rings. The predicted molar refractivity (Wildman–Crippen MR) is 90.3 cm³/mol. The van der Waals surface area contributed by atoms with E-state index in [1.54, 1.807) is 0 Å². The maximum absolute atomic E-state index is 3.84. The first-order valence-electron chi connectivity index (χ1n) is 8.97. The van der Waals surface area contributed by atoms with E-state index < -0.39 is 0 Å². The fourth-order valence-electron chi connectivity index (χ4n) is 3.44. The van der Waals surface area contributed by atoms with Gasteiger partial charge in [0, 0.05) is 11.6 Å². The summed E-state index contributed by atoms with van der Waals surface area (Å²) in [6.45, 7) is 15.6. The smallest absolute Gasteiger partial charge is 0.0306 e. The molecule has 2 heteroatoms. The molecular formula is C18H38N2. The molecule has 1 rings (SSSR count). The highest BCUT2D eigenvalue weighted by atomic mass is 15.2. The van der Waals surface area contributed by atoms with E-state index in [4.69, 9.17) is 0 Å². The number of hydrogen-bond acceptors (Lipinski definition) is 2. The maximum Gasteiger partial charge on any atom is 0.0306 e. The van der Waals surface area contributed by atoms with E-state index in [-0.39, 0.29) is 0 Å². The third kappa shape index (κ3) is 5.73. The molecular weight excluding hydrogens is 244 g/mol. The first kappa shape index (κ1) is 18.0. The van der Waals surface area contributed by atoms with E-state index in [9.17, 15) is 0 Å². The lowest BCUT2D eigenvalue weighted by molar-refractivity contribution is 0.0571. The summed E-state index contributed by atoms with van der Waals surface area (Å²) in [6.07, 6.45) is 9.47. The first-order valence-corrected chi connectivity index (χ1v) is 8.97. The molecule has 0 aromatic carbocycles. The van der Waals surface area contributed by atoms with Gasteiger partial charge in [-0.3, -0.25) is 4.90 Å². The highest BCUT2D eigenvalue weighted by molar-refractivity contribution is 4.94. The standard InChI is InChI=1S/C18H38N2/c1-6-13-19-17(12-10-11-16(2)3)18(4,5)20-14-8-7-9-15-20/h16-17,19H,6-15H2,1-5H3. The van der Waals surface area contributed by atoms with Crippen LogP contribution < -0.4 is 5.32 Å². The Balaban J connectivity index is 2.57. The summed E-state index contributed by atoms with van der Waals surface area (Å²) in [7, 11) is 0. The van der Waals surface area contributed by atoms with Gasteiger partial charge < -0.3 is 5.32 Å². The van der Waals surface area contributed by atoms with Gasteiger partial charge in [-0.1, -0.05) is 40.0 Å². The lowest BCUT2D eigenvalue weighted by Crippen LogP contribution is -2.59. The van der Waals surface area contributed by atoms with Gasteiger partial charge in [-0.15, -0.1) is 0 Å². The molecule has 1 saturated heterocycles. The normalized spacial score (nSPS) is 19.5. The lowest BCUT2D eigenvalue weighted by Gasteiger charge is -2.46. The quantitative estimate of drug-likeness (QED) is 0.672. The Bertz CT molecular complexity index is 242. The Morgan fingerprint density at radius 3 is 2.25 bits per heavy atom. The van der Waals surface area contributed by atoms with Gasteiger partial charge >= 0.3 is 0 Å². The van der Waals surface area contributed by atoms with Gasteiger partial charge in [0.05, 0.1) is 0 Å². The monoisotopic (exact) mass is 282 g/mol. The molecule has 120 valence electrons. The van der Waals surface area contributed by atoms with Crippen LogP contribution >= 0.6 is 0 Å². The van der Waals surface area contributed by atoms with Gasteiger partial charge in [0.25, 0.3) is 0 Å². The number of nitrogens with one attached hydrogen (secondary N) is 1. The number of rotatable bonds is 9. The summed E-state index contributed by atoms with van der Waals surface area (Å²) in [4.78, 5) is 2.74. The third-order valence-electron chi connectivity index (χ3n) is 4.94. The van der Waals surface area contributed by atoms with Crippen molar-refractivity contribution in [2.24, 2.45) is 5.92 Å².